The van der Waals surface area contributed by atoms with Gasteiger partial charge in [-0.3, -0.25) is 19.3 Å². The molecule has 1 amide bonds. The van der Waals surface area contributed by atoms with E-state index >= 15 is 0 Å². The van der Waals surface area contributed by atoms with Crippen molar-refractivity contribution in [1.29, 1.82) is 0 Å². The molecule has 6 nitrogen and oxygen atoms in total. The lowest BCUT2D eigenvalue weighted by Gasteiger charge is -2.32. The molecule has 3 heterocycles. The van der Waals surface area contributed by atoms with Gasteiger partial charge >= 0.3 is 6.18 Å². The number of aromatic nitrogens is 3. The number of pyridine rings is 1. The van der Waals surface area contributed by atoms with Gasteiger partial charge in [-0.25, -0.2) is 0 Å². The molecule has 4 rings (SSSR count). The predicted molar refractivity (Wildman–Crippen MR) is 117 cm³/mol. The van der Waals surface area contributed by atoms with E-state index in [1.807, 2.05) is 6.92 Å². The number of nitrogens with zero attached hydrogens (tertiary/aromatic N) is 4. The first-order chi connectivity index (χ1) is 14.6. The van der Waals surface area contributed by atoms with Crippen LogP contribution in [-0.2, 0) is 12.6 Å². The van der Waals surface area contributed by atoms with Gasteiger partial charge in [0.2, 0.25) is 0 Å². The molecule has 0 bridgehead atoms. The van der Waals surface area contributed by atoms with E-state index in [1.165, 1.54) is 23.2 Å². The molecular formula is C22H21F3N4O2S. The lowest BCUT2D eigenvalue weighted by Crippen LogP contribution is -2.43. The van der Waals surface area contributed by atoms with Gasteiger partial charge in [-0.05, 0) is 50.2 Å². The van der Waals surface area contributed by atoms with Crippen molar-refractivity contribution in [2.45, 2.75) is 32.5 Å². The van der Waals surface area contributed by atoms with Gasteiger partial charge in [-0.15, -0.1) is 0 Å². The Hall–Kier alpha value is -3.14. The topological polar surface area (TPSA) is 68.1 Å². The number of ketones is 1. The summed E-state index contributed by atoms with van der Waals surface area (Å²) in [6.45, 7) is 3.90. The van der Waals surface area contributed by atoms with E-state index in [4.69, 9.17) is 0 Å². The van der Waals surface area contributed by atoms with Crippen molar-refractivity contribution in [3.63, 3.8) is 0 Å². The summed E-state index contributed by atoms with van der Waals surface area (Å²) in [6, 6.07) is 7.56. The first-order valence-corrected chi connectivity index (χ1v) is 9.66. The van der Waals surface area contributed by atoms with Gasteiger partial charge in [0.25, 0.3) is 5.91 Å². The van der Waals surface area contributed by atoms with Gasteiger partial charge in [0, 0.05) is 41.7 Å². The molecular weight excluding hydrogens is 441 g/mol. The minimum absolute atomic E-state index is 0. The van der Waals surface area contributed by atoms with E-state index in [0.717, 1.165) is 12.1 Å². The molecule has 10 heteroatoms. The zero-order valence-corrected chi connectivity index (χ0v) is 18.3. The number of halogens is 3. The fourth-order valence-corrected chi connectivity index (χ4v) is 3.70. The van der Waals surface area contributed by atoms with Crippen molar-refractivity contribution in [2.24, 2.45) is 0 Å². The average Bonchev–Trinajstić information content (AvgIpc) is 3.14. The summed E-state index contributed by atoms with van der Waals surface area (Å²) >= 11 is 0. The van der Waals surface area contributed by atoms with Crippen LogP contribution in [0.25, 0.3) is 0 Å². The monoisotopic (exact) mass is 462 g/mol. The Bertz CT molecular complexity index is 1160. The third kappa shape index (κ3) is 4.40. The Labute approximate surface area is 189 Å². The van der Waals surface area contributed by atoms with Crippen LogP contribution < -0.4 is 4.90 Å². The van der Waals surface area contributed by atoms with Crippen LogP contribution in [0.2, 0.25) is 0 Å². The molecule has 0 N–H and O–H groups in total. The number of carbonyl (C=O) groups is 2. The van der Waals surface area contributed by atoms with Crippen molar-refractivity contribution >= 4 is 30.9 Å². The summed E-state index contributed by atoms with van der Waals surface area (Å²) in [6.07, 6.45) is -1.41. The molecule has 0 fully saturated rings. The smallest absolute Gasteiger partial charge is 0.305 e. The number of carbonyl (C=O) groups excluding carboxylic acids is 2. The minimum atomic E-state index is -4.45. The molecule has 3 aromatic rings. The van der Waals surface area contributed by atoms with Crippen LogP contribution in [0.3, 0.4) is 0 Å². The molecule has 1 aliphatic rings. The van der Waals surface area contributed by atoms with Crippen LogP contribution >= 0.6 is 13.5 Å². The molecule has 0 saturated heterocycles. The van der Waals surface area contributed by atoms with Crippen LogP contribution in [0.15, 0.2) is 48.8 Å². The quantitative estimate of drug-likeness (QED) is 0.540. The molecule has 0 aliphatic carbocycles. The standard InChI is InChI=1S/C22H19F3N4O2.H2S/c1-13-9-15(7-8-26-13)19(30)10-16-11-27-29-14(2)12-28(21(31)20(16)29)18-5-3-17(4-6-18)22(23,24)25;/h3-9,11,14H,10,12H2,1-2H3;1H2/t14-;/m0./s1. The molecule has 32 heavy (non-hydrogen) atoms. The van der Waals surface area contributed by atoms with E-state index in [9.17, 15) is 22.8 Å². The van der Waals surface area contributed by atoms with Gasteiger partial charge in [0.15, 0.2) is 5.78 Å². The number of amides is 1. The van der Waals surface area contributed by atoms with Crippen molar-refractivity contribution in [3.8, 4) is 0 Å². The number of rotatable bonds is 4. The minimum Gasteiger partial charge on any atom is -0.305 e. The highest BCUT2D eigenvalue weighted by molar-refractivity contribution is 7.59. The number of aryl methyl sites for hydroxylation is 1. The number of hydrogen-bond acceptors (Lipinski definition) is 4. The number of hydrogen-bond donors (Lipinski definition) is 0. The summed E-state index contributed by atoms with van der Waals surface area (Å²) in [5, 5.41) is 4.28. The highest BCUT2D eigenvalue weighted by Crippen LogP contribution is 2.33. The first-order valence-electron chi connectivity index (χ1n) is 9.66. The Kier molecular flexibility index (Phi) is 6.45. The fraction of sp³-hybridized carbons (Fsp3) is 0.273. The first kappa shape index (κ1) is 23.5. The average molecular weight is 462 g/mol. The lowest BCUT2D eigenvalue weighted by molar-refractivity contribution is -0.137. The maximum Gasteiger partial charge on any atom is 0.416 e. The highest BCUT2D eigenvalue weighted by Gasteiger charge is 2.35. The van der Waals surface area contributed by atoms with Gasteiger partial charge in [-0.1, -0.05) is 0 Å². The normalized spacial score (nSPS) is 15.8. The van der Waals surface area contributed by atoms with E-state index in [1.54, 1.807) is 29.9 Å². The summed E-state index contributed by atoms with van der Waals surface area (Å²) in [4.78, 5) is 31.4. The zero-order valence-electron chi connectivity index (χ0n) is 17.3. The summed E-state index contributed by atoms with van der Waals surface area (Å²) in [5.74, 6) is -0.572. The lowest BCUT2D eigenvalue weighted by atomic mass is 10.0. The SMILES string of the molecule is Cc1cc(C(=O)Cc2cnn3c2C(=O)N(c2ccc(C(F)(F)F)cc2)C[C@@H]3C)ccn1.S. The van der Waals surface area contributed by atoms with Gasteiger partial charge in [-0.2, -0.15) is 31.8 Å². The summed E-state index contributed by atoms with van der Waals surface area (Å²) in [7, 11) is 0. The molecule has 1 aliphatic heterocycles. The molecule has 0 radical (unpaired) electrons. The maximum atomic E-state index is 13.2. The van der Waals surface area contributed by atoms with Crippen LogP contribution in [0.1, 0.15) is 50.6 Å². The molecule has 1 atom stereocenters. The fourth-order valence-electron chi connectivity index (χ4n) is 3.70. The Morgan fingerprint density at radius 1 is 1.19 bits per heavy atom. The second-order valence-corrected chi connectivity index (χ2v) is 7.56. The van der Waals surface area contributed by atoms with Crippen LogP contribution in [0, 0.1) is 6.92 Å². The highest BCUT2D eigenvalue weighted by atomic mass is 32.1. The Morgan fingerprint density at radius 2 is 1.88 bits per heavy atom. The number of anilines is 1. The number of alkyl halides is 3. The largest absolute Gasteiger partial charge is 0.416 e. The second kappa shape index (κ2) is 8.78. The Morgan fingerprint density at radius 3 is 2.50 bits per heavy atom. The Balaban J connectivity index is 0.00000289. The van der Waals surface area contributed by atoms with E-state index in [0.29, 0.717) is 22.5 Å². The van der Waals surface area contributed by atoms with Crippen LogP contribution in [-0.4, -0.2) is 33.0 Å². The number of Topliss-reactive ketones (excluding diaryl/α,β-unsaturated/α-hetero) is 1. The molecule has 168 valence electrons. The molecule has 0 unspecified atom stereocenters. The maximum absolute atomic E-state index is 13.2. The van der Waals surface area contributed by atoms with Gasteiger partial charge < -0.3 is 4.90 Å². The van der Waals surface area contributed by atoms with Crippen molar-refractivity contribution in [2.75, 3.05) is 11.4 Å². The molecule has 0 saturated carbocycles. The van der Waals surface area contributed by atoms with Crippen molar-refractivity contribution < 1.29 is 22.8 Å². The van der Waals surface area contributed by atoms with E-state index < -0.39 is 17.6 Å². The van der Waals surface area contributed by atoms with E-state index in [-0.39, 0.29) is 44.0 Å². The van der Waals surface area contributed by atoms with Gasteiger partial charge in [0.1, 0.15) is 5.69 Å². The molecule has 1 aromatic carbocycles. The molecule has 0 spiro atoms. The second-order valence-electron chi connectivity index (χ2n) is 7.56. The summed E-state index contributed by atoms with van der Waals surface area (Å²) < 4.78 is 40.2. The predicted octanol–water partition coefficient (Wildman–Crippen LogP) is 4.36. The third-order valence-corrected chi connectivity index (χ3v) is 5.26. The number of benzene rings is 1. The number of fused-ring (bicyclic) bond motifs is 1. The van der Waals surface area contributed by atoms with Crippen LogP contribution in [0.4, 0.5) is 18.9 Å². The van der Waals surface area contributed by atoms with Gasteiger partial charge in [0.05, 0.1) is 17.8 Å². The van der Waals surface area contributed by atoms with Crippen molar-refractivity contribution in [1.82, 2.24) is 14.8 Å². The van der Waals surface area contributed by atoms with Crippen molar-refractivity contribution in [3.05, 3.63) is 76.9 Å². The zero-order chi connectivity index (χ0) is 22.3. The summed E-state index contributed by atoms with van der Waals surface area (Å²) in [5.41, 5.74) is 1.53. The van der Waals surface area contributed by atoms with Crippen LogP contribution in [0.5, 0.6) is 0 Å². The van der Waals surface area contributed by atoms with E-state index in [2.05, 4.69) is 10.1 Å². The third-order valence-electron chi connectivity index (χ3n) is 5.26. The molecule has 2 aromatic heterocycles.